The van der Waals surface area contributed by atoms with Crippen LogP contribution in [0.4, 0.5) is 5.69 Å². The van der Waals surface area contributed by atoms with Crippen LogP contribution in [-0.4, -0.2) is 41.4 Å². The van der Waals surface area contributed by atoms with E-state index in [-0.39, 0.29) is 42.3 Å². The van der Waals surface area contributed by atoms with Gasteiger partial charge in [-0.25, -0.2) is 0 Å². The third-order valence-corrected chi connectivity index (χ3v) is 5.83. The zero-order valence-corrected chi connectivity index (χ0v) is 14.4. The van der Waals surface area contributed by atoms with Gasteiger partial charge < -0.3 is 15.1 Å². The molecule has 0 spiro atoms. The van der Waals surface area contributed by atoms with Crippen LogP contribution in [0.3, 0.4) is 0 Å². The third kappa shape index (κ3) is 2.83. The fraction of sp³-hybridized carbons (Fsp3) is 0.500. The molecule has 1 aromatic carbocycles. The fourth-order valence-corrected chi connectivity index (χ4v) is 4.56. The molecule has 2 amide bonds. The minimum absolute atomic E-state index is 0.0150. The fourth-order valence-electron chi connectivity index (χ4n) is 4.38. The van der Waals surface area contributed by atoms with Crippen LogP contribution in [0.25, 0.3) is 0 Å². The minimum atomic E-state index is -0.360. The number of nitrogens with zero attached hydrogens (tertiary/aromatic N) is 3. The van der Waals surface area contributed by atoms with Crippen molar-refractivity contribution in [3.63, 3.8) is 0 Å². The molecule has 0 aliphatic carbocycles. The summed E-state index contributed by atoms with van der Waals surface area (Å²) in [6, 6.07) is 7.50. The molecule has 3 fully saturated rings. The number of amides is 2. The van der Waals surface area contributed by atoms with Crippen molar-refractivity contribution in [2.75, 3.05) is 11.4 Å². The summed E-state index contributed by atoms with van der Waals surface area (Å²) in [5.41, 5.74) is 0.725. The lowest BCUT2D eigenvalue weighted by Gasteiger charge is -2.23. The Kier molecular flexibility index (Phi) is 4.04. The van der Waals surface area contributed by atoms with E-state index in [2.05, 4.69) is 11.5 Å². The number of hydrogen-bond donors (Lipinski definition) is 1. The summed E-state index contributed by atoms with van der Waals surface area (Å²) in [5.74, 6) is -0.511. The molecule has 130 valence electrons. The summed E-state index contributed by atoms with van der Waals surface area (Å²) in [5, 5.41) is 12.9. The van der Waals surface area contributed by atoms with E-state index in [9.17, 15) is 14.9 Å². The molecule has 3 saturated heterocycles. The van der Waals surface area contributed by atoms with Gasteiger partial charge in [0, 0.05) is 29.7 Å². The van der Waals surface area contributed by atoms with Crippen LogP contribution in [0.2, 0.25) is 5.02 Å². The lowest BCUT2D eigenvalue weighted by molar-refractivity contribution is -0.127. The molecule has 3 aliphatic heterocycles. The highest BCUT2D eigenvalue weighted by Gasteiger charge is 2.47. The minimum Gasteiger partial charge on any atom is -0.351 e. The standard InChI is InChI=1S/C18H19ClN4O2/c19-12-2-1-3-13(7-12)22-9-11(6-17(22)24)18(25)21-15-8-14-4-5-16(15)23(14)10-20/h1-3,7,11,14-16H,4-6,8-9H2,(H,21,25)/t11-,14+,15-,16?/m1/s1. The van der Waals surface area contributed by atoms with Gasteiger partial charge in [0.2, 0.25) is 11.8 Å². The molecule has 4 atom stereocenters. The largest absolute Gasteiger partial charge is 0.351 e. The van der Waals surface area contributed by atoms with E-state index in [1.807, 2.05) is 11.0 Å². The van der Waals surface area contributed by atoms with E-state index in [1.54, 1.807) is 23.1 Å². The van der Waals surface area contributed by atoms with Crippen molar-refractivity contribution in [2.24, 2.45) is 5.92 Å². The molecule has 1 N–H and O–H groups in total. The average molecular weight is 359 g/mol. The molecular formula is C18H19ClN4O2. The Balaban J connectivity index is 1.41. The Morgan fingerprint density at radius 2 is 2.20 bits per heavy atom. The Hall–Kier alpha value is -2.26. The number of nitrogens with one attached hydrogen (secondary N) is 1. The van der Waals surface area contributed by atoms with Gasteiger partial charge >= 0.3 is 0 Å². The maximum absolute atomic E-state index is 12.6. The van der Waals surface area contributed by atoms with Gasteiger partial charge in [0.15, 0.2) is 6.19 Å². The van der Waals surface area contributed by atoms with Crippen LogP contribution in [0.15, 0.2) is 24.3 Å². The molecule has 2 bridgehead atoms. The highest BCUT2D eigenvalue weighted by molar-refractivity contribution is 6.31. The van der Waals surface area contributed by atoms with Crippen LogP contribution >= 0.6 is 11.6 Å². The Morgan fingerprint density at radius 1 is 1.36 bits per heavy atom. The lowest BCUT2D eigenvalue weighted by atomic mass is 9.94. The smallest absolute Gasteiger partial charge is 0.227 e. The van der Waals surface area contributed by atoms with Gasteiger partial charge in [-0.15, -0.1) is 0 Å². The first-order valence-corrected chi connectivity index (χ1v) is 8.99. The van der Waals surface area contributed by atoms with E-state index in [1.165, 1.54) is 0 Å². The number of carbonyl (C=O) groups is 2. The van der Waals surface area contributed by atoms with Gasteiger partial charge in [-0.1, -0.05) is 17.7 Å². The SMILES string of the molecule is N#CN1C2CC[C@H]1C[C@H]2NC(=O)[C@@H]1CC(=O)N(c2cccc(Cl)c2)C1. The maximum Gasteiger partial charge on any atom is 0.227 e. The molecule has 0 radical (unpaired) electrons. The highest BCUT2D eigenvalue weighted by atomic mass is 35.5. The summed E-state index contributed by atoms with van der Waals surface area (Å²) < 4.78 is 0. The maximum atomic E-state index is 12.6. The predicted octanol–water partition coefficient (Wildman–Crippen LogP) is 1.90. The van der Waals surface area contributed by atoms with E-state index >= 15 is 0 Å². The molecule has 1 unspecified atom stereocenters. The van der Waals surface area contributed by atoms with E-state index in [4.69, 9.17) is 11.6 Å². The molecule has 4 rings (SSSR count). The normalized spacial score (nSPS) is 30.6. The topological polar surface area (TPSA) is 76.4 Å². The van der Waals surface area contributed by atoms with Crippen molar-refractivity contribution in [1.82, 2.24) is 10.2 Å². The molecule has 0 saturated carbocycles. The molecule has 6 nitrogen and oxygen atoms in total. The Bertz CT molecular complexity index is 762. The molecule has 3 aliphatic rings. The zero-order chi connectivity index (χ0) is 17.6. The first-order valence-electron chi connectivity index (χ1n) is 8.61. The number of nitriles is 1. The first-order chi connectivity index (χ1) is 12.1. The van der Waals surface area contributed by atoms with Crippen molar-refractivity contribution < 1.29 is 9.59 Å². The van der Waals surface area contributed by atoms with Crippen molar-refractivity contribution in [3.05, 3.63) is 29.3 Å². The average Bonchev–Trinajstić information content (AvgIpc) is 3.26. The quantitative estimate of drug-likeness (QED) is 0.837. The monoisotopic (exact) mass is 358 g/mol. The number of benzene rings is 1. The van der Waals surface area contributed by atoms with Gasteiger partial charge in [0.1, 0.15) is 0 Å². The predicted molar refractivity (Wildman–Crippen MR) is 92.7 cm³/mol. The number of fused-ring (bicyclic) bond motifs is 2. The van der Waals surface area contributed by atoms with Crippen molar-refractivity contribution >= 4 is 29.1 Å². The summed E-state index contributed by atoms with van der Waals surface area (Å²) in [4.78, 5) is 28.4. The summed E-state index contributed by atoms with van der Waals surface area (Å²) >= 11 is 6.00. The summed E-state index contributed by atoms with van der Waals surface area (Å²) in [7, 11) is 0. The first kappa shape index (κ1) is 16.2. The van der Waals surface area contributed by atoms with Crippen LogP contribution in [0.1, 0.15) is 25.7 Å². The molecule has 3 heterocycles. The van der Waals surface area contributed by atoms with Crippen LogP contribution in [0.5, 0.6) is 0 Å². The van der Waals surface area contributed by atoms with E-state index in [0.717, 1.165) is 24.9 Å². The molecule has 7 heteroatoms. The second kappa shape index (κ2) is 6.23. The lowest BCUT2D eigenvalue weighted by Crippen LogP contribution is -2.46. The summed E-state index contributed by atoms with van der Waals surface area (Å²) in [6.45, 7) is 0.369. The number of rotatable bonds is 3. The molecule has 1 aromatic rings. The molecule has 25 heavy (non-hydrogen) atoms. The van der Waals surface area contributed by atoms with Crippen LogP contribution in [-0.2, 0) is 9.59 Å². The third-order valence-electron chi connectivity index (χ3n) is 5.60. The van der Waals surface area contributed by atoms with Crippen LogP contribution < -0.4 is 10.2 Å². The van der Waals surface area contributed by atoms with Crippen molar-refractivity contribution in [3.8, 4) is 6.19 Å². The van der Waals surface area contributed by atoms with Gasteiger partial charge in [-0.05, 0) is 37.5 Å². The number of hydrogen-bond acceptors (Lipinski definition) is 4. The summed E-state index contributed by atoms with van der Waals surface area (Å²) in [6.07, 6.45) is 5.25. The van der Waals surface area contributed by atoms with E-state index < -0.39 is 0 Å². The van der Waals surface area contributed by atoms with Crippen molar-refractivity contribution in [1.29, 1.82) is 5.26 Å². The highest BCUT2D eigenvalue weighted by Crippen LogP contribution is 2.37. The molecular weight excluding hydrogens is 340 g/mol. The molecule has 0 aromatic heterocycles. The van der Waals surface area contributed by atoms with Crippen LogP contribution in [0, 0.1) is 17.4 Å². The van der Waals surface area contributed by atoms with Gasteiger partial charge in [-0.2, -0.15) is 5.26 Å². The Labute approximate surface area is 151 Å². The van der Waals surface area contributed by atoms with E-state index in [0.29, 0.717) is 11.6 Å². The number of halogens is 1. The number of carbonyl (C=O) groups excluding carboxylic acids is 2. The second-order valence-electron chi connectivity index (χ2n) is 7.04. The van der Waals surface area contributed by atoms with Gasteiger partial charge in [0.05, 0.1) is 18.0 Å². The van der Waals surface area contributed by atoms with Crippen molar-refractivity contribution in [2.45, 2.75) is 43.8 Å². The van der Waals surface area contributed by atoms with Gasteiger partial charge in [0.25, 0.3) is 0 Å². The number of anilines is 1. The van der Waals surface area contributed by atoms with Gasteiger partial charge in [-0.3, -0.25) is 9.59 Å². The zero-order valence-electron chi connectivity index (χ0n) is 13.7. The second-order valence-corrected chi connectivity index (χ2v) is 7.48. The Morgan fingerprint density at radius 3 is 2.92 bits per heavy atom.